The van der Waals surface area contributed by atoms with Crippen molar-refractivity contribution in [2.75, 3.05) is 11.9 Å². The van der Waals surface area contributed by atoms with Gasteiger partial charge in [0.1, 0.15) is 10.8 Å². The zero-order chi connectivity index (χ0) is 12.1. The highest BCUT2D eigenvalue weighted by Crippen LogP contribution is 2.13. The zero-order valence-electron chi connectivity index (χ0n) is 9.08. The van der Waals surface area contributed by atoms with Crippen molar-refractivity contribution in [1.82, 2.24) is 15.2 Å². The summed E-state index contributed by atoms with van der Waals surface area (Å²) >= 11 is 1.32. The Morgan fingerprint density at radius 2 is 2.41 bits per heavy atom. The Bertz CT molecular complexity index is 500. The van der Waals surface area contributed by atoms with E-state index in [1.807, 2.05) is 6.92 Å². The number of ether oxygens (including phenoxy) is 1. The van der Waals surface area contributed by atoms with Gasteiger partial charge in [0.15, 0.2) is 6.61 Å². The highest BCUT2D eigenvalue weighted by molar-refractivity contribution is 7.15. The molecule has 0 fully saturated rings. The highest BCUT2D eigenvalue weighted by Gasteiger charge is 2.06. The lowest BCUT2D eigenvalue weighted by molar-refractivity contribution is -0.118. The molecular weight excluding hydrogens is 240 g/mol. The summed E-state index contributed by atoms with van der Waals surface area (Å²) in [6.45, 7) is 1.74. The summed E-state index contributed by atoms with van der Waals surface area (Å²) in [7, 11) is 0. The van der Waals surface area contributed by atoms with Crippen molar-refractivity contribution < 1.29 is 9.53 Å². The second kappa shape index (κ2) is 5.35. The summed E-state index contributed by atoms with van der Waals surface area (Å²) in [4.78, 5) is 15.4. The van der Waals surface area contributed by atoms with Crippen LogP contribution in [0, 0.1) is 6.92 Å². The molecule has 0 saturated heterocycles. The molecule has 2 rings (SSSR count). The van der Waals surface area contributed by atoms with E-state index in [0.717, 1.165) is 5.01 Å². The predicted molar refractivity (Wildman–Crippen MR) is 63.0 cm³/mol. The largest absolute Gasteiger partial charge is 0.482 e. The first-order chi connectivity index (χ1) is 8.24. The molecule has 1 amide bonds. The van der Waals surface area contributed by atoms with Crippen LogP contribution in [0.15, 0.2) is 24.5 Å². The average molecular weight is 250 g/mol. The van der Waals surface area contributed by atoms with Gasteiger partial charge in [-0.1, -0.05) is 11.3 Å². The molecule has 0 aliphatic heterocycles. The number of hydrogen-bond donors (Lipinski definition) is 1. The van der Waals surface area contributed by atoms with Crippen LogP contribution in [0.1, 0.15) is 5.01 Å². The molecule has 0 aliphatic carbocycles. The Balaban J connectivity index is 1.82. The normalized spacial score (nSPS) is 9.94. The van der Waals surface area contributed by atoms with Gasteiger partial charge in [-0.3, -0.25) is 15.1 Å². The van der Waals surface area contributed by atoms with Crippen molar-refractivity contribution in [2.24, 2.45) is 0 Å². The van der Waals surface area contributed by atoms with E-state index in [-0.39, 0.29) is 12.5 Å². The molecule has 0 aromatic carbocycles. The van der Waals surface area contributed by atoms with Crippen molar-refractivity contribution in [3.63, 3.8) is 0 Å². The van der Waals surface area contributed by atoms with Crippen molar-refractivity contribution in [3.05, 3.63) is 29.5 Å². The summed E-state index contributed by atoms with van der Waals surface area (Å²) in [5.41, 5.74) is 0. The van der Waals surface area contributed by atoms with Gasteiger partial charge in [-0.25, -0.2) is 0 Å². The van der Waals surface area contributed by atoms with Gasteiger partial charge in [-0.05, 0) is 19.1 Å². The highest BCUT2D eigenvalue weighted by atomic mass is 32.1. The number of amides is 1. The molecule has 0 atom stereocenters. The lowest BCUT2D eigenvalue weighted by Crippen LogP contribution is -2.20. The molecule has 0 radical (unpaired) electrons. The number of aryl methyl sites for hydroxylation is 1. The molecule has 17 heavy (non-hydrogen) atoms. The van der Waals surface area contributed by atoms with Crippen LogP contribution in [0.5, 0.6) is 5.75 Å². The lowest BCUT2D eigenvalue weighted by Gasteiger charge is -2.04. The van der Waals surface area contributed by atoms with Crippen molar-refractivity contribution >= 4 is 22.4 Å². The Labute approximate surface area is 102 Å². The van der Waals surface area contributed by atoms with E-state index in [1.54, 1.807) is 24.5 Å². The van der Waals surface area contributed by atoms with E-state index in [1.165, 1.54) is 11.3 Å². The third-order valence-electron chi connectivity index (χ3n) is 1.78. The molecule has 6 nitrogen and oxygen atoms in total. The number of pyridine rings is 1. The molecule has 1 N–H and O–H groups in total. The molecular formula is C10H10N4O2S. The SMILES string of the molecule is Cc1nnc(NC(=O)COc2cccnc2)s1. The van der Waals surface area contributed by atoms with Gasteiger partial charge in [0.05, 0.1) is 6.20 Å². The molecule has 2 aromatic rings. The van der Waals surface area contributed by atoms with E-state index < -0.39 is 0 Å². The van der Waals surface area contributed by atoms with Crippen molar-refractivity contribution in [3.8, 4) is 5.75 Å². The summed E-state index contributed by atoms with van der Waals surface area (Å²) in [6, 6.07) is 3.47. The molecule has 0 bridgehead atoms. The lowest BCUT2D eigenvalue weighted by atomic mass is 10.5. The molecule has 0 spiro atoms. The van der Waals surface area contributed by atoms with Crippen LogP contribution in [0.4, 0.5) is 5.13 Å². The maximum absolute atomic E-state index is 11.5. The number of carbonyl (C=O) groups is 1. The fourth-order valence-corrected chi connectivity index (χ4v) is 1.69. The molecule has 7 heteroatoms. The number of nitrogens with zero attached hydrogens (tertiary/aromatic N) is 3. The minimum atomic E-state index is -0.273. The summed E-state index contributed by atoms with van der Waals surface area (Å²) in [5, 5.41) is 11.4. The fraction of sp³-hybridized carbons (Fsp3) is 0.200. The van der Waals surface area contributed by atoms with E-state index in [2.05, 4.69) is 20.5 Å². The van der Waals surface area contributed by atoms with Crippen LogP contribution in [-0.2, 0) is 4.79 Å². The quantitative estimate of drug-likeness (QED) is 0.883. The smallest absolute Gasteiger partial charge is 0.264 e. The number of hydrogen-bond acceptors (Lipinski definition) is 6. The standard InChI is InChI=1S/C10H10N4O2S/c1-7-13-14-10(17-7)12-9(15)6-16-8-3-2-4-11-5-8/h2-5H,6H2,1H3,(H,12,14,15). The van der Waals surface area contributed by atoms with E-state index in [9.17, 15) is 4.79 Å². The third kappa shape index (κ3) is 3.49. The maximum Gasteiger partial charge on any atom is 0.264 e. The number of anilines is 1. The maximum atomic E-state index is 11.5. The minimum Gasteiger partial charge on any atom is -0.482 e. The molecule has 2 aromatic heterocycles. The van der Waals surface area contributed by atoms with Crippen molar-refractivity contribution in [2.45, 2.75) is 6.92 Å². The monoisotopic (exact) mass is 250 g/mol. The van der Waals surface area contributed by atoms with Gasteiger partial charge in [-0.2, -0.15) is 0 Å². The van der Waals surface area contributed by atoms with Gasteiger partial charge in [0.25, 0.3) is 5.91 Å². The number of rotatable bonds is 4. The van der Waals surface area contributed by atoms with Gasteiger partial charge in [0.2, 0.25) is 5.13 Å². The second-order valence-electron chi connectivity index (χ2n) is 3.15. The first-order valence-electron chi connectivity index (χ1n) is 4.87. The number of nitrogens with one attached hydrogen (secondary N) is 1. The Morgan fingerprint density at radius 1 is 1.53 bits per heavy atom. The van der Waals surface area contributed by atoms with Crippen LogP contribution >= 0.6 is 11.3 Å². The Hall–Kier alpha value is -2.02. The van der Waals surface area contributed by atoms with Crippen LogP contribution in [0.2, 0.25) is 0 Å². The summed E-state index contributed by atoms with van der Waals surface area (Å²) in [6.07, 6.45) is 3.18. The molecule has 0 aliphatic rings. The molecule has 0 saturated carbocycles. The third-order valence-corrected chi connectivity index (χ3v) is 2.53. The average Bonchev–Trinajstić information content (AvgIpc) is 2.73. The summed E-state index contributed by atoms with van der Waals surface area (Å²) < 4.78 is 5.23. The van der Waals surface area contributed by atoms with Gasteiger partial charge in [-0.15, -0.1) is 10.2 Å². The number of carbonyl (C=O) groups excluding carboxylic acids is 1. The summed E-state index contributed by atoms with van der Waals surface area (Å²) in [5.74, 6) is 0.279. The van der Waals surface area contributed by atoms with Crippen molar-refractivity contribution in [1.29, 1.82) is 0 Å². The molecule has 2 heterocycles. The van der Waals surface area contributed by atoms with Gasteiger partial charge in [0, 0.05) is 6.20 Å². The number of aromatic nitrogens is 3. The second-order valence-corrected chi connectivity index (χ2v) is 4.33. The molecule has 0 unspecified atom stereocenters. The van der Waals surface area contributed by atoms with Crippen LogP contribution in [-0.4, -0.2) is 27.7 Å². The zero-order valence-corrected chi connectivity index (χ0v) is 9.90. The molecule has 88 valence electrons. The topological polar surface area (TPSA) is 77.0 Å². The first-order valence-corrected chi connectivity index (χ1v) is 5.68. The predicted octanol–water partition coefficient (Wildman–Crippen LogP) is 1.26. The first kappa shape index (κ1) is 11.5. The van der Waals surface area contributed by atoms with E-state index >= 15 is 0 Å². The van der Waals surface area contributed by atoms with Gasteiger partial charge < -0.3 is 4.74 Å². The fourth-order valence-electron chi connectivity index (χ4n) is 1.08. The van der Waals surface area contributed by atoms with Crippen LogP contribution in [0.25, 0.3) is 0 Å². The van der Waals surface area contributed by atoms with Crippen LogP contribution in [0.3, 0.4) is 0 Å². The Morgan fingerprint density at radius 3 is 3.06 bits per heavy atom. The van der Waals surface area contributed by atoms with Crippen LogP contribution < -0.4 is 10.1 Å². The van der Waals surface area contributed by atoms with Gasteiger partial charge >= 0.3 is 0 Å². The minimum absolute atomic E-state index is 0.0790. The van der Waals surface area contributed by atoms with E-state index in [0.29, 0.717) is 10.9 Å². The Kier molecular flexibility index (Phi) is 3.61. The van der Waals surface area contributed by atoms with E-state index in [4.69, 9.17) is 4.74 Å².